The van der Waals surface area contributed by atoms with E-state index in [1.165, 1.54) is 19.1 Å². The van der Waals surface area contributed by atoms with Crippen LogP contribution in [0.3, 0.4) is 0 Å². The second-order valence-electron chi connectivity index (χ2n) is 4.73. The Morgan fingerprint density at radius 2 is 1.65 bits per heavy atom. The minimum absolute atomic E-state index is 0.101. The highest BCUT2D eigenvalue weighted by atomic mass is 35.5. The van der Waals surface area contributed by atoms with Crippen molar-refractivity contribution in [2.24, 2.45) is 0 Å². The molecular formula is C18H18ClNO3. The van der Waals surface area contributed by atoms with E-state index in [9.17, 15) is 4.79 Å². The summed E-state index contributed by atoms with van der Waals surface area (Å²) in [6.45, 7) is 0.101. The van der Waals surface area contributed by atoms with Crippen LogP contribution in [0.15, 0.2) is 48.5 Å². The lowest BCUT2D eigenvalue weighted by Crippen LogP contribution is -2.33. The Morgan fingerprint density at radius 3 is 2.30 bits per heavy atom. The number of anilines is 1. The molecule has 0 spiro atoms. The minimum atomic E-state index is -0.481. The van der Waals surface area contributed by atoms with Gasteiger partial charge in [0.15, 0.2) is 0 Å². The zero-order valence-corrected chi connectivity index (χ0v) is 13.8. The van der Waals surface area contributed by atoms with Crippen LogP contribution in [-0.4, -0.2) is 27.0 Å². The van der Waals surface area contributed by atoms with Crippen LogP contribution in [0, 0.1) is 0 Å². The molecule has 2 aromatic rings. The number of nitrogens with zero attached hydrogens (tertiary/aromatic N) is 1. The molecule has 23 heavy (non-hydrogen) atoms. The van der Waals surface area contributed by atoms with Crippen molar-refractivity contribution in [3.8, 4) is 0 Å². The van der Waals surface area contributed by atoms with Crippen molar-refractivity contribution in [3.05, 3.63) is 64.7 Å². The maximum Gasteiger partial charge on any atom is 0.415 e. The van der Waals surface area contributed by atoms with Gasteiger partial charge in [0, 0.05) is 12.1 Å². The Labute approximate surface area is 140 Å². The van der Waals surface area contributed by atoms with E-state index in [0.29, 0.717) is 10.7 Å². The van der Waals surface area contributed by atoms with Gasteiger partial charge in [-0.2, -0.15) is 0 Å². The van der Waals surface area contributed by atoms with Crippen LogP contribution >= 0.6 is 11.6 Å². The number of para-hydroxylation sites is 1. The fourth-order valence-corrected chi connectivity index (χ4v) is 2.32. The first kappa shape index (κ1) is 17.1. The van der Waals surface area contributed by atoms with E-state index in [1.807, 2.05) is 60.7 Å². The number of carbonyl (C=O) groups is 1. The molecule has 2 aromatic carbocycles. The third kappa shape index (κ3) is 4.34. The number of ether oxygens (including phenoxy) is 2. The third-order valence-corrected chi connectivity index (χ3v) is 3.57. The number of rotatable bonds is 5. The van der Waals surface area contributed by atoms with E-state index in [-0.39, 0.29) is 6.73 Å². The molecular weight excluding hydrogens is 314 g/mol. The predicted molar refractivity (Wildman–Crippen MR) is 93.6 cm³/mol. The van der Waals surface area contributed by atoms with Crippen LogP contribution in [0.1, 0.15) is 11.1 Å². The van der Waals surface area contributed by atoms with E-state index in [2.05, 4.69) is 0 Å². The average Bonchev–Trinajstić information content (AvgIpc) is 2.59. The SMILES string of the molecule is COCN(C(=O)OC)c1ccccc1C=Cc1ccccc1Cl. The fraction of sp³-hybridized carbons (Fsp3) is 0.167. The van der Waals surface area contributed by atoms with Gasteiger partial charge >= 0.3 is 6.09 Å². The van der Waals surface area contributed by atoms with Crippen molar-refractivity contribution >= 4 is 35.5 Å². The molecule has 4 nitrogen and oxygen atoms in total. The predicted octanol–water partition coefficient (Wildman–Crippen LogP) is 4.69. The maximum atomic E-state index is 12.0. The largest absolute Gasteiger partial charge is 0.452 e. The van der Waals surface area contributed by atoms with Crippen molar-refractivity contribution in [2.45, 2.75) is 0 Å². The molecule has 0 unspecified atom stereocenters. The summed E-state index contributed by atoms with van der Waals surface area (Å²) in [5.74, 6) is 0. The van der Waals surface area contributed by atoms with Crippen LogP contribution < -0.4 is 4.90 Å². The highest BCUT2D eigenvalue weighted by molar-refractivity contribution is 6.32. The van der Waals surface area contributed by atoms with Gasteiger partial charge in [-0.1, -0.05) is 60.2 Å². The van der Waals surface area contributed by atoms with Gasteiger partial charge in [-0.3, -0.25) is 4.90 Å². The van der Waals surface area contributed by atoms with Gasteiger partial charge in [0.05, 0.1) is 12.8 Å². The number of benzene rings is 2. The van der Waals surface area contributed by atoms with Gasteiger partial charge in [-0.15, -0.1) is 0 Å². The van der Waals surface area contributed by atoms with Crippen LogP contribution in [0.4, 0.5) is 10.5 Å². The first-order chi connectivity index (χ1) is 11.2. The molecule has 1 amide bonds. The molecule has 0 aromatic heterocycles. The van der Waals surface area contributed by atoms with E-state index in [4.69, 9.17) is 21.1 Å². The number of halogens is 1. The van der Waals surface area contributed by atoms with Gasteiger partial charge in [0.1, 0.15) is 6.73 Å². The number of methoxy groups -OCH3 is 2. The Kier molecular flexibility index (Phi) is 6.20. The van der Waals surface area contributed by atoms with Crippen LogP contribution in [-0.2, 0) is 9.47 Å². The Balaban J connectivity index is 2.37. The highest BCUT2D eigenvalue weighted by Gasteiger charge is 2.17. The summed E-state index contributed by atoms with van der Waals surface area (Å²) >= 11 is 6.16. The second-order valence-corrected chi connectivity index (χ2v) is 5.14. The van der Waals surface area contributed by atoms with Crippen molar-refractivity contribution in [2.75, 3.05) is 25.9 Å². The third-order valence-electron chi connectivity index (χ3n) is 3.23. The van der Waals surface area contributed by atoms with Crippen LogP contribution in [0.2, 0.25) is 5.02 Å². The molecule has 0 heterocycles. The van der Waals surface area contributed by atoms with Gasteiger partial charge in [0.2, 0.25) is 0 Å². The molecule has 5 heteroatoms. The topological polar surface area (TPSA) is 38.8 Å². The molecule has 0 fully saturated rings. The summed E-state index contributed by atoms with van der Waals surface area (Å²) in [5.41, 5.74) is 2.46. The molecule has 0 atom stereocenters. The van der Waals surface area contributed by atoms with Crippen LogP contribution in [0.5, 0.6) is 0 Å². The molecule has 0 bridgehead atoms. The molecule has 0 aliphatic heterocycles. The zero-order chi connectivity index (χ0) is 16.7. The molecule has 0 aliphatic carbocycles. The fourth-order valence-electron chi connectivity index (χ4n) is 2.12. The first-order valence-electron chi connectivity index (χ1n) is 7.03. The Morgan fingerprint density at radius 1 is 1.04 bits per heavy atom. The number of hydrogen-bond donors (Lipinski definition) is 0. The van der Waals surface area contributed by atoms with Crippen molar-refractivity contribution in [1.29, 1.82) is 0 Å². The second kappa shape index (κ2) is 8.36. The zero-order valence-electron chi connectivity index (χ0n) is 13.0. The number of carbonyl (C=O) groups excluding carboxylic acids is 1. The molecule has 120 valence electrons. The quantitative estimate of drug-likeness (QED) is 0.589. The summed E-state index contributed by atoms with van der Waals surface area (Å²) in [5, 5.41) is 0.669. The van der Waals surface area contributed by atoms with E-state index >= 15 is 0 Å². The normalized spacial score (nSPS) is 10.7. The molecule has 0 radical (unpaired) electrons. The lowest BCUT2D eigenvalue weighted by atomic mass is 10.1. The molecule has 2 rings (SSSR count). The van der Waals surface area contributed by atoms with E-state index in [0.717, 1.165) is 11.1 Å². The van der Waals surface area contributed by atoms with Crippen molar-refractivity contribution in [1.82, 2.24) is 0 Å². The van der Waals surface area contributed by atoms with Gasteiger partial charge in [0.25, 0.3) is 0 Å². The van der Waals surface area contributed by atoms with E-state index < -0.39 is 6.09 Å². The van der Waals surface area contributed by atoms with Gasteiger partial charge in [-0.25, -0.2) is 4.79 Å². The lowest BCUT2D eigenvalue weighted by Gasteiger charge is -2.22. The lowest BCUT2D eigenvalue weighted by molar-refractivity contribution is 0.153. The average molecular weight is 332 g/mol. The monoisotopic (exact) mass is 331 g/mol. The van der Waals surface area contributed by atoms with Gasteiger partial charge < -0.3 is 9.47 Å². The summed E-state index contributed by atoms with van der Waals surface area (Å²) < 4.78 is 9.92. The number of amides is 1. The van der Waals surface area contributed by atoms with E-state index in [1.54, 1.807) is 0 Å². The van der Waals surface area contributed by atoms with Crippen LogP contribution in [0.25, 0.3) is 12.2 Å². The number of hydrogen-bond acceptors (Lipinski definition) is 3. The van der Waals surface area contributed by atoms with Crippen molar-refractivity contribution in [3.63, 3.8) is 0 Å². The summed E-state index contributed by atoms with van der Waals surface area (Å²) in [6, 6.07) is 15.1. The molecule has 0 aliphatic rings. The molecule has 0 saturated heterocycles. The van der Waals surface area contributed by atoms with Gasteiger partial charge in [-0.05, 0) is 23.3 Å². The summed E-state index contributed by atoms with van der Waals surface area (Å²) in [4.78, 5) is 13.4. The summed E-state index contributed by atoms with van der Waals surface area (Å²) in [7, 11) is 2.87. The Bertz CT molecular complexity index is 700. The van der Waals surface area contributed by atoms with Crippen molar-refractivity contribution < 1.29 is 14.3 Å². The highest BCUT2D eigenvalue weighted by Crippen LogP contribution is 2.25. The summed E-state index contributed by atoms with van der Waals surface area (Å²) in [6.07, 6.45) is 3.33. The minimum Gasteiger partial charge on any atom is -0.452 e. The standard InChI is InChI=1S/C18H18ClNO3/c1-22-13-20(18(21)23-2)17-10-6-4-8-15(17)12-11-14-7-3-5-9-16(14)19/h3-12H,13H2,1-2H3. The smallest absolute Gasteiger partial charge is 0.415 e. The molecule has 0 N–H and O–H groups in total. The Hall–Kier alpha value is -2.30. The maximum absolute atomic E-state index is 12.0. The first-order valence-corrected chi connectivity index (χ1v) is 7.41. The molecule has 0 saturated carbocycles.